The molecule has 1 unspecified atom stereocenters. The van der Waals surface area contributed by atoms with Crippen LogP contribution >= 0.6 is 26.2 Å². The first-order valence-electron chi connectivity index (χ1n) is 8.86. The van der Waals surface area contributed by atoms with Crippen LogP contribution in [-0.4, -0.2) is 12.1 Å². The third-order valence-corrected chi connectivity index (χ3v) is 5.00. The standard InChI is InChI=1S/C23H23O2P.BrH/c24-22(25-21-15-8-3-9-16-21)23(17-10-18-26,19-11-4-1-5-12-19)20-13-6-2-7-14-20;/h1-9,11-16H,10,17-18,26H2;1H. The van der Waals surface area contributed by atoms with Gasteiger partial charge in [0.2, 0.25) is 0 Å². The highest BCUT2D eigenvalue weighted by atomic mass is 79.9. The van der Waals surface area contributed by atoms with Crippen LogP contribution in [0.2, 0.25) is 0 Å². The fourth-order valence-electron chi connectivity index (χ4n) is 3.29. The molecule has 3 rings (SSSR count). The van der Waals surface area contributed by atoms with E-state index in [1.165, 1.54) is 0 Å². The fourth-order valence-corrected chi connectivity index (χ4v) is 3.49. The summed E-state index contributed by atoms with van der Waals surface area (Å²) in [6.45, 7) is 0. The van der Waals surface area contributed by atoms with E-state index in [4.69, 9.17) is 4.74 Å². The van der Waals surface area contributed by atoms with E-state index in [1.54, 1.807) is 0 Å². The van der Waals surface area contributed by atoms with Crippen LogP contribution in [-0.2, 0) is 10.2 Å². The van der Waals surface area contributed by atoms with Gasteiger partial charge in [0.05, 0.1) is 0 Å². The Labute approximate surface area is 173 Å². The van der Waals surface area contributed by atoms with Crippen molar-refractivity contribution in [3.8, 4) is 5.75 Å². The van der Waals surface area contributed by atoms with Crippen LogP contribution in [0.15, 0.2) is 91.0 Å². The molecule has 4 heteroatoms. The maximum Gasteiger partial charge on any atom is 0.326 e. The summed E-state index contributed by atoms with van der Waals surface area (Å²) in [5.74, 6) is 0.333. The molecule has 0 saturated carbocycles. The van der Waals surface area contributed by atoms with E-state index < -0.39 is 5.41 Å². The Morgan fingerprint density at radius 3 is 1.67 bits per heavy atom. The predicted molar refractivity (Wildman–Crippen MR) is 120 cm³/mol. The number of hydrogen-bond donors (Lipinski definition) is 0. The summed E-state index contributed by atoms with van der Waals surface area (Å²) in [7, 11) is 2.75. The molecule has 0 aliphatic carbocycles. The summed E-state index contributed by atoms with van der Waals surface area (Å²) in [5, 5.41) is 0. The second kappa shape index (κ2) is 10.4. The molecule has 0 radical (unpaired) electrons. The number of carbonyl (C=O) groups is 1. The van der Waals surface area contributed by atoms with Crippen molar-refractivity contribution in [1.82, 2.24) is 0 Å². The molecule has 0 aromatic heterocycles. The fraction of sp³-hybridized carbons (Fsp3) is 0.174. The number of ether oxygens (including phenoxy) is 1. The molecule has 27 heavy (non-hydrogen) atoms. The molecule has 0 fully saturated rings. The normalized spacial score (nSPS) is 10.7. The molecule has 0 heterocycles. The largest absolute Gasteiger partial charge is 0.426 e. The minimum atomic E-state index is -0.824. The van der Waals surface area contributed by atoms with Crippen molar-refractivity contribution in [3.05, 3.63) is 102 Å². The Balaban J connectivity index is 0.00000261. The van der Waals surface area contributed by atoms with Gasteiger partial charge in [0.25, 0.3) is 0 Å². The van der Waals surface area contributed by atoms with E-state index in [2.05, 4.69) is 9.24 Å². The lowest BCUT2D eigenvalue weighted by Gasteiger charge is -2.32. The number of para-hydroxylation sites is 1. The highest BCUT2D eigenvalue weighted by Crippen LogP contribution is 2.38. The van der Waals surface area contributed by atoms with Crippen LogP contribution in [0.1, 0.15) is 24.0 Å². The van der Waals surface area contributed by atoms with Crippen molar-refractivity contribution < 1.29 is 9.53 Å². The van der Waals surface area contributed by atoms with Gasteiger partial charge in [-0.05, 0) is 42.3 Å². The predicted octanol–water partition coefficient (Wildman–Crippen LogP) is 5.81. The highest BCUT2D eigenvalue weighted by molar-refractivity contribution is 8.93. The summed E-state index contributed by atoms with van der Waals surface area (Å²) < 4.78 is 5.84. The van der Waals surface area contributed by atoms with Crippen molar-refractivity contribution in [2.75, 3.05) is 6.16 Å². The number of esters is 1. The van der Waals surface area contributed by atoms with Crippen molar-refractivity contribution in [2.45, 2.75) is 18.3 Å². The summed E-state index contributed by atoms with van der Waals surface area (Å²) in [5.41, 5.74) is 1.10. The Bertz CT molecular complexity index is 783. The molecule has 140 valence electrons. The topological polar surface area (TPSA) is 26.3 Å². The quantitative estimate of drug-likeness (QED) is 0.262. The van der Waals surface area contributed by atoms with Crippen LogP contribution in [0.4, 0.5) is 0 Å². The average Bonchev–Trinajstić information content (AvgIpc) is 2.71. The molecule has 0 saturated heterocycles. The second-order valence-electron chi connectivity index (χ2n) is 6.23. The van der Waals surface area contributed by atoms with Gasteiger partial charge in [-0.1, -0.05) is 78.9 Å². The molecule has 3 aromatic rings. The average molecular weight is 443 g/mol. The molecule has 0 amide bonds. The zero-order valence-electron chi connectivity index (χ0n) is 15.1. The zero-order valence-corrected chi connectivity index (χ0v) is 18.0. The van der Waals surface area contributed by atoms with Gasteiger partial charge in [-0.15, -0.1) is 26.2 Å². The van der Waals surface area contributed by atoms with E-state index in [9.17, 15) is 4.79 Å². The van der Waals surface area contributed by atoms with E-state index in [0.29, 0.717) is 12.2 Å². The highest BCUT2D eigenvalue weighted by Gasteiger charge is 2.43. The molecule has 0 aliphatic heterocycles. The Morgan fingerprint density at radius 2 is 1.22 bits per heavy atom. The maximum absolute atomic E-state index is 13.5. The third kappa shape index (κ3) is 4.86. The SMILES string of the molecule is Br.O=C(Oc1ccccc1)C(CCCP)(c1ccccc1)c1ccccc1. The van der Waals surface area contributed by atoms with Crippen molar-refractivity contribution in [1.29, 1.82) is 0 Å². The number of hydrogen-bond acceptors (Lipinski definition) is 2. The minimum absolute atomic E-state index is 0. The zero-order chi connectivity index (χ0) is 18.2. The van der Waals surface area contributed by atoms with Crippen LogP contribution < -0.4 is 4.74 Å². The van der Waals surface area contributed by atoms with Crippen molar-refractivity contribution in [3.63, 3.8) is 0 Å². The molecular weight excluding hydrogens is 419 g/mol. The molecular formula is C23H24BrO2P. The van der Waals surface area contributed by atoms with Gasteiger partial charge in [0.15, 0.2) is 0 Å². The number of carbonyl (C=O) groups excluding carboxylic acids is 1. The van der Waals surface area contributed by atoms with Crippen molar-refractivity contribution in [2.24, 2.45) is 0 Å². The molecule has 0 N–H and O–H groups in total. The Morgan fingerprint density at radius 1 is 0.778 bits per heavy atom. The third-order valence-electron chi connectivity index (χ3n) is 4.59. The second-order valence-corrected chi connectivity index (χ2v) is 6.81. The van der Waals surface area contributed by atoms with E-state index >= 15 is 0 Å². The van der Waals surface area contributed by atoms with Gasteiger partial charge in [0.1, 0.15) is 11.2 Å². The Hall–Kier alpha value is -1.96. The molecule has 1 atom stereocenters. The molecule has 0 aliphatic rings. The smallest absolute Gasteiger partial charge is 0.326 e. The van der Waals surface area contributed by atoms with E-state index in [-0.39, 0.29) is 23.0 Å². The molecule has 2 nitrogen and oxygen atoms in total. The maximum atomic E-state index is 13.5. The van der Waals surface area contributed by atoms with Gasteiger partial charge in [-0.25, -0.2) is 0 Å². The van der Waals surface area contributed by atoms with Crippen LogP contribution in [0.3, 0.4) is 0 Å². The van der Waals surface area contributed by atoms with Gasteiger partial charge < -0.3 is 4.74 Å². The first kappa shape index (κ1) is 21.3. The van der Waals surface area contributed by atoms with Gasteiger partial charge in [-0.3, -0.25) is 4.79 Å². The summed E-state index contributed by atoms with van der Waals surface area (Å²) in [6, 6.07) is 29.2. The first-order chi connectivity index (χ1) is 12.8. The summed E-state index contributed by atoms with van der Waals surface area (Å²) >= 11 is 0. The number of halogens is 1. The number of benzene rings is 3. The summed E-state index contributed by atoms with van der Waals surface area (Å²) in [4.78, 5) is 13.5. The monoisotopic (exact) mass is 442 g/mol. The first-order valence-corrected chi connectivity index (χ1v) is 9.67. The van der Waals surface area contributed by atoms with Gasteiger partial charge in [-0.2, -0.15) is 0 Å². The van der Waals surface area contributed by atoms with Crippen LogP contribution in [0, 0.1) is 0 Å². The van der Waals surface area contributed by atoms with E-state index in [0.717, 1.165) is 23.7 Å². The molecule has 0 bridgehead atoms. The molecule has 3 aromatic carbocycles. The lowest BCUT2D eigenvalue weighted by atomic mass is 9.71. The Kier molecular flexibility index (Phi) is 8.22. The van der Waals surface area contributed by atoms with Crippen LogP contribution in [0.25, 0.3) is 0 Å². The van der Waals surface area contributed by atoms with Crippen molar-refractivity contribution >= 4 is 32.2 Å². The summed E-state index contributed by atoms with van der Waals surface area (Å²) in [6.07, 6.45) is 2.52. The minimum Gasteiger partial charge on any atom is -0.426 e. The van der Waals surface area contributed by atoms with Crippen LogP contribution in [0.5, 0.6) is 5.75 Å². The lowest BCUT2D eigenvalue weighted by molar-refractivity contribution is -0.139. The van der Waals surface area contributed by atoms with E-state index in [1.807, 2.05) is 91.0 Å². The number of rotatable bonds is 7. The lowest BCUT2D eigenvalue weighted by Crippen LogP contribution is -2.40. The van der Waals surface area contributed by atoms with Gasteiger partial charge in [0, 0.05) is 0 Å². The van der Waals surface area contributed by atoms with Gasteiger partial charge >= 0.3 is 5.97 Å². The molecule has 0 spiro atoms.